The van der Waals surface area contributed by atoms with Crippen molar-refractivity contribution in [1.29, 1.82) is 0 Å². The minimum absolute atomic E-state index is 0.238. The van der Waals surface area contributed by atoms with Gasteiger partial charge in [-0.05, 0) is 42.8 Å². The Morgan fingerprint density at radius 2 is 1.73 bits per heavy atom. The van der Waals surface area contributed by atoms with E-state index in [1.807, 2.05) is 0 Å². The van der Waals surface area contributed by atoms with Crippen LogP contribution in [0.3, 0.4) is 0 Å². The molecular formula is C17H16F2N2O4S. The van der Waals surface area contributed by atoms with Gasteiger partial charge < -0.3 is 9.64 Å². The van der Waals surface area contributed by atoms with E-state index in [4.69, 9.17) is 4.74 Å². The van der Waals surface area contributed by atoms with Crippen molar-refractivity contribution in [2.24, 2.45) is 0 Å². The second-order valence-corrected chi connectivity index (χ2v) is 7.47. The lowest BCUT2D eigenvalue weighted by Crippen LogP contribution is -2.41. The topological polar surface area (TPSA) is 75.7 Å². The second kappa shape index (κ2) is 7.00. The van der Waals surface area contributed by atoms with Crippen LogP contribution in [0, 0.1) is 11.6 Å². The molecule has 0 unspecified atom stereocenters. The summed E-state index contributed by atoms with van der Waals surface area (Å²) >= 11 is 0. The lowest BCUT2D eigenvalue weighted by atomic mass is 10.2. The average molecular weight is 382 g/mol. The smallest absolute Gasteiger partial charge is 0.245 e. The van der Waals surface area contributed by atoms with E-state index in [0.717, 1.165) is 0 Å². The Balaban J connectivity index is 1.77. The Labute approximate surface area is 149 Å². The molecule has 3 rings (SSSR count). The number of hydrogen-bond acceptors (Lipinski definition) is 4. The fourth-order valence-electron chi connectivity index (χ4n) is 2.75. The summed E-state index contributed by atoms with van der Waals surface area (Å²) < 4.78 is 58.5. The molecule has 0 aromatic heterocycles. The number of sulfonamides is 1. The summed E-state index contributed by atoms with van der Waals surface area (Å²) in [5.74, 6) is -1.83. The first-order chi connectivity index (χ1) is 12.3. The first-order valence-corrected chi connectivity index (χ1v) is 9.22. The fraction of sp³-hybridized carbons (Fsp3) is 0.235. The molecule has 1 aliphatic rings. The summed E-state index contributed by atoms with van der Waals surface area (Å²) in [4.78, 5) is 13.4. The number of rotatable bonds is 5. The van der Waals surface area contributed by atoms with Gasteiger partial charge in [-0.25, -0.2) is 17.2 Å². The van der Waals surface area contributed by atoms with Gasteiger partial charge in [-0.2, -0.15) is 4.72 Å². The van der Waals surface area contributed by atoms with Crippen LogP contribution < -0.4 is 14.4 Å². The molecule has 1 N–H and O–H groups in total. The van der Waals surface area contributed by atoms with Gasteiger partial charge in [-0.1, -0.05) is 0 Å². The first-order valence-electron chi connectivity index (χ1n) is 7.74. The van der Waals surface area contributed by atoms with Crippen LogP contribution in [-0.2, 0) is 14.8 Å². The van der Waals surface area contributed by atoms with Crippen LogP contribution in [0.25, 0.3) is 0 Å². The van der Waals surface area contributed by atoms with E-state index in [1.54, 1.807) is 24.3 Å². The van der Waals surface area contributed by atoms with Gasteiger partial charge in [-0.15, -0.1) is 0 Å². The third-order valence-electron chi connectivity index (χ3n) is 4.03. The highest BCUT2D eigenvalue weighted by Gasteiger charge is 2.35. The molecule has 0 bridgehead atoms. The zero-order valence-corrected chi connectivity index (χ0v) is 14.6. The maximum Gasteiger partial charge on any atom is 0.245 e. The molecule has 2 aromatic carbocycles. The molecule has 1 saturated heterocycles. The van der Waals surface area contributed by atoms with Crippen LogP contribution >= 0.6 is 0 Å². The molecule has 1 amide bonds. The number of nitrogens with one attached hydrogen (secondary N) is 1. The SMILES string of the molecule is COc1ccc(N2CC[C@H](NS(=O)(=O)c3cc(F)cc(F)c3)C2=O)cc1. The van der Waals surface area contributed by atoms with Crippen LogP contribution in [0.5, 0.6) is 5.75 Å². The van der Waals surface area contributed by atoms with Crippen molar-refractivity contribution < 1.29 is 26.7 Å². The molecule has 1 aliphatic heterocycles. The molecule has 1 fully saturated rings. The van der Waals surface area contributed by atoms with Gasteiger partial charge in [0.25, 0.3) is 0 Å². The standard InChI is InChI=1S/C17H16F2N2O4S/c1-25-14-4-2-13(3-5-14)21-7-6-16(17(21)22)20-26(23,24)15-9-11(18)8-12(19)10-15/h2-5,8-10,16,20H,6-7H2,1H3/t16-/m0/s1. The molecular weight excluding hydrogens is 366 g/mol. The normalized spacial score (nSPS) is 17.6. The number of nitrogens with zero attached hydrogens (tertiary/aromatic N) is 1. The largest absolute Gasteiger partial charge is 0.497 e. The highest BCUT2D eigenvalue weighted by Crippen LogP contribution is 2.25. The number of hydrogen-bond donors (Lipinski definition) is 1. The molecule has 0 radical (unpaired) electrons. The molecule has 2 aromatic rings. The third kappa shape index (κ3) is 3.68. The molecule has 138 valence electrons. The zero-order chi connectivity index (χ0) is 18.9. The summed E-state index contributed by atoms with van der Waals surface area (Å²) in [7, 11) is -2.71. The van der Waals surface area contributed by atoms with E-state index in [1.165, 1.54) is 12.0 Å². The Bertz CT molecular complexity index is 912. The van der Waals surface area contributed by atoms with Crippen molar-refractivity contribution in [3.63, 3.8) is 0 Å². The van der Waals surface area contributed by atoms with Crippen molar-refractivity contribution in [1.82, 2.24) is 4.72 Å². The van der Waals surface area contributed by atoms with E-state index >= 15 is 0 Å². The number of halogens is 2. The van der Waals surface area contributed by atoms with Crippen LogP contribution in [0.4, 0.5) is 14.5 Å². The number of benzene rings is 2. The van der Waals surface area contributed by atoms with Crippen LogP contribution in [0.1, 0.15) is 6.42 Å². The fourth-order valence-corrected chi connectivity index (χ4v) is 4.01. The predicted octanol–water partition coefficient (Wildman–Crippen LogP) is 2.06. The lowest BCUT2D eigenvalue weighted by Gasteiger charge is -2.17. The van der Waals surface area contributed by atoms with Crippen molar-refractivity contribution >= 4 is 21.6 Å². The Morgan fingerprint density at radius 3 is 2.31 bits per heavy atom. The van der Waals surface area contributed by atoms with E-state index in [0.29, 0.717) is 36.2 Å². The van der Waals surface area contributed by atoms with Crippen LogP contribution in [0.2, 0.25) is 0 Å². The van der Waals surface area contributed by atoms with Crippen LogP contribution in [-0.4, -0.2) is 34.0 Å². The van der Waals surface area contributed by atoms with Gasteiger partial charge >= 0.3 is 0 Å². The minimum atomic E-state index is -4.24. The molecule has 1 heterocycles. The van der Waals surface area contributed by atoms with Crippen molar-refractivity contribution in [2.75, 3.05) is 18.6 Å². The Kier molecular flexibility index (Phi) is 4.92. The van der Waals surface area contributed by atoms with Crippen molar-refractivity contribution in [3.05, 3.63) is 54.1 Å². The van der Waals surface area contributed by atoms with Gasteiger partial charge in [0.05, 0.1) is 12.0 Å². The van der Waals surface area contributed by atoms with Crippen LogP contribution in [0.15, 0.2) is 47.4 Å². The van der Waals surface area contributed by atoms with E-state index in [9.17, 15) is 22.0 Å². The summed E-state index contributed by atoms with van der Waals surface area (Å²) in [5.41, 5.74) is 0.606. The van der Waals surface area contributed by atoms with E-state index < -0.39 is 38.5 Å². The summed E-state index contributed by atoms with van der Waals surface area (Å²) in [6.45, 7) is 0.315. The zero-order valence-electron chi connectivity index (χ0n) is 13.8. The number of methoxy groups -OCH3 is 1. The number of ether oxygens (including phenoxy) is 1. The maximum absolute atomic E-state index is 13.3. The molecule has 0 spiro atoms. The van der Waals surface area contributed by atoms with Gasteiger partial charge in [-0.3, -0.25) is 4.79 Å². The van der Waals surface area contributed by atoms with E-state index in [2.05, 4.69) is 4.72 Å². The minimum Gasteiger partial charge on any atom is -0.497 e. The molecule has 6 nitrogen and oxygen atoms in total. The van der Waals surface area contributed by atoms with Gasteiger partial charge in [0.2, 0.25) is 15.9 Å². The monoisotopic (exact) mass is 382 g/mol. The Morgan fingerprint density at radius 1 is 1.12 bits per heavy atom. The molecule has 0 aliphatic carbocycles. The molecule has 26 heavy (non-hydrogen) atoms. The summed E-state index contributed by atoms with van der Waals surface area (Å²) in [6, 6.07) is 7.73. The highest BCUT2D eigenvalue weighted by atomic mass is 32.2. The number of anilines is 1. The number of carbonyl (C=O) groups excluding carboxylic acids is 1. The number of amides is 1. The molecule has 9 heteroatoms. The van der Waals surface area contributed by atoms with Crippen molar-refractivity contribution in [2.45, 2.75) is 17.4 Å². The molecule has 0 saturated carbocycles. The third-order valence-corrected chi connectivity index (χ3v) is 5.48. The quantitative estimate of drug-likeness (QED) is 0.859. The maximum atomic E-state index is 13.3. The van der Waals surface area contributed by atoms with Gasteiger partial charge in [0.1, 0.15) is 23.4 Å². The molecule has 1 atom stereocenters. The average Bonchev–Trinajstić information content (AvgIpc) is 2.94. The lowest BCUT2D eigenvalue weighted by molar-refractivity contribution is -0.118. The van der Waals surface area contributed by atoms with Crippen molar-refractivity contribution in [3.8, 4) is 5.75 Å². The van der Waals surface area contributed by atoms with Gasteiger partial charge in [0.15, 0.2) is 0 Å². The first kappa shape index (κ1) is 18.3. The van der Waals surface area contributed by atoms with Gasteiger partial charge in [0, 0.05) is 18.3 Å². The highest BCUT2D eigenvalue weighted by molar-refractivity contribution is 7.89. The summed E-state index contributed by atoms with van der Waals surface area (Å²) in [5, 5.41) is 0. The van der Waals surface area contributed by atoms with E-state index in [-0.39, 0.29) is 6.42 Å². The predicted molar refractivity (Wildman–Crippen MR) is 90.4 cm³/mol. The second-order valence-electron chi connectivity index (χ2n) is 5.76. The number of carbonyl (C=O) groups is 1. The summed E-state index contributed by atoms with van der Waals surface area (Å²) in [6.07, 6.45) is 0.238. The Hall–Kier alpha value is -2.52.